The summed E-state index contributed by atoms with van der Waals surface area (Å²) < 4.78 is 6.44. The molecule has 0 fully saturated rings. The van der Waals surface area contributed by atoms with Gasteiger partial charge in [0.25, 0.3) is 11.5 Å². The number of methoxy groups -OCH3 is 1. The van der Waals surface area contributed by atoms with Crippen molar-refractivity contribution in [3.05, 3.63) is 97.3 Å². The highest BCUT2D eigenvalue weighted by Gasteiger charge is 2.18. The van der Waals surface area contributed by atoms with E-state index in [1.54, 1.807) is 19.2 Å². The summed E-state index contributed by atoms with van der Waals surface area (Å²) in [5, 5.41) is 9.85. The Morgan fingerprint density at radius 1 is 1.11 bits per heavy atom. The summed E-state index contributed by atoms with van der Waals surface area (Å²) in [7, 11) is 4.74. The Hall–Kier alpha value is -4.58. The number of nitrogens with zero attached hydrogens (tertiary/aromatic N) is 2. The van der Waals surface area contributed by atoms with Gasteiger partial charge in [0.2, 0.25) is 5.88 Å². The van der Waals surface area contributed by atoms with Gasteiger partial charge in [0.05, 0.1) is 17.8 Å². The molecule has 2 aromatic carbocycles. The van der Waals surface area contributed by atoms with Crippen LogP contribution in [0.1, 0.15) is 34.3 Å². The Balaban J connectivity index is 1.59. The highest BCUT2D eigenvalue weighted by Crippen LogP contribution is 2.39. The molecule has 0 aliphatic carbocycles. The number of carbonyl (C=O) groups excluding carboxylic acids is 2. The molecule has 11 nitrogen and oxygen atoms in total. The summed E-state index contributed by atoms with van der Waals surface area (Å²) in [6, 6.07) is 15.1. The van der Waals surface area contributed by atoms with Crippen LogP contribution in [0.25, 0.3) is 22.4 Å². The number of likely N-dealkylation sites (N-methyl/N-ethyl adjacent to an activating group) is 1. The van der Waals surface area contributed by atoms with Crippen LogP contribution in [0.4, 0.5) is 5.69 Å². The first kappa shape index (κ1) is 32.3. The minimum absolute atomic E-state index is 0.173. The van der Waals surface area contributed by atoms with E-state index in [1.807, 2.05) is 50.4 Å². The lowest BCUT2D eigenvalue weighted by Crippen LogP contribution is -2.37. The van der Waals surface area contributed by atoms with E-state index >= 15 is 0 Å². The zero-order chi connectivity index (χ0) is 31.8. The molecule has 0 aliphatic rings. The molecule has 0 saturated heterocycles. The van der Waals surface area contributed by atoms with Crippen LogP contribution in [0.2, 0.25) is 5.02 Å². The van der Waals surface area contributed by atoms with Crippen LogP contribution >= 0.6 is 11.6 Å². The van der Waals surface area contributed by atoms with Crippen LogP contribution in [-0.4, -0.2) is 53.5 Å². The highest BCUT2D eigenvalue weighted by molar-refractivity contribution is 6.36. The van der Waals surface area contributed by atoms with Gasteiger partial charge in [0, 0.05) is 61.2 Å². The Morgan fingerprint density at radius 3 is 2.57 bits per heavy atom. The fourth-order valence-electron chi connectivity index (χ4n) is 4.85. The van der Waals surface area contributed by atoms with Crippen molar-refractivity contribution in [2.24, 2.45) is 7.05 Å². The van der Waals surface area contributed by atoms with Crippen LogP contribution in [0, 0.1) is 6.92 Å². The molecular formula is C32H35ClN6O5. The fraction of sp³-hybridized carbons (Fsp3) is 0.281. The number of carbonyl (C=O) groups is 2. The normalized spacial score (nSPS) is 11.7. The predicted octanol–water partition coefficient (Wildman–Crippen LogP) is 3.68. The van der Waals surface area contributed by atoms with Crippen LogP contribution in [0.15, 0.2) is 64.3 Å². The quantitative estimate of drug-likeness (QED) is 0.166. The molecule has 0 radical (unpaired) electrons. The van der Waals surface area contributed by atoms with Gasteiger partial charge in [-0.15, -0.1) is 0 Å². The van der Waals surface area contributed by atoms with Crippen molar-refractivity contribution in [3.63, 3.8) is 0 Å². The first-order valence-electron chi connectivity index (χ1n) is 14.0. The van der Waals surface area contributed by atoms with E-state index in [4.69, 9.17) is 21.3 Å². The zero-order valence-electron chi connectivity index (χ0n) is 25.0. The van der Waals surface area contributed by atoms with E-state index in [9.17, 15) is 19.2 Å². The maximum atomic E-state index is 12.9. The van der Waals surface area contributed by atoms with Crippen molar-refractivity contribution in [2.75, 3.05) is 26.0 Å². The van der Waals surface area contributed by atoms with Crippen LogP contribution in [0.5, 0.6) is 5.88 Å². The number of nitrogens with one attached hydrogen (secondary N) is 4. The Morgan fingerprint density at radius 2 is 1.84 bits per heavy atom. The molecule has 1 amide bonds. The molecule has 0 aliphatic heterocycles. The summed E-state index contributed by atoms with van der Waals surface area (Å²) in [5.41, 5.74) is 3.47. The van der Waals surface area contributed by atoms with Crippen LogP contribution in [0.3, 0.4) is 0 Å². The Kier molecular flexibility index (Phi) is 10.8. The molecule has 1 unspecified atom stereocenters. The molecule has 2 aromatic heterocycles. The minimum Gasteiger partial charge on any atom is -0.481 e. The van der Waals surface area contributed by atoms with Crippen molar-refractivity contribution in [1.82, 2.24) is 25.2 Å². The maximum Gasteiger partial charge on any atom is 0.328 e. The van der Waals surface area contributed by atoms with Crippen molar-refractivity contribution in [3.8, 4) is 28.3 Å². The average molecular weight is 619 g/mol. The number of pyridine rings is 1. The molecule has 4 N–H and O–H groups in total. The number of amides is 1. The molecule has 44 heavy (non-hydrogen) atoms. The molecule has 1 atom stereocenters. The second-order valence-electron chi connectivity index (χ2n) is 10.2. The maximum absolute atomic E-state index is 12.9. The molecule has 0 saturated carbocycles. The molecule has 0 spiro atoms. The average Bonchev–Trinajstić information content (AvgIpc) is 3.03. The van der Waals surface area contributed by atoms with Crippen molar-refractivity contribution in [1.29, 1.82) is 0 Å². The topological polar surface area (TPSA) is 147 Å². The number of aromatic amines is 1. The number of ether oxygens (including phenoxy) is 1. The molecule has 12 heteroatoms. The fourth-order valence-corrected chi connectivity index (χ4v) is 5.17. The van der Waals surface area contributed by atoms with Gasteiger partial charge in [0.15, 0.2) is 0 Å². The Labute approximate surface area is 259 Å². The van der Waals surface area contributed by atoms with E-state index in [-0.39, 0.29) is 11.6 Å². The van der Waals surface area contributed by atoms with Gasteiger partial charge in [0.1, 0.15) is 11.8 Å². The molecular weight excluding hydrogens is 584 g/mol. The number of hydrogen-bond acceptors (Lipinski definition) is 8. The third-order valence-electron chi connectivity index (χ3n) is 7.45. The smallest absolute Gasteiger partial charge is 0.328 e. The van der Waals surface area contributed by atoms with Gasteiger partial charge in [-0.1, -0.05) is 48.0 Å². The van der Waals surface area contributed by atoms with E-state index in [0.29, 0.717) is 47.4 Å². The summed E-state index contributed by atoms with van der Waals surface area (Å²) in [5.74, 6) is -0.171. The SMILES string of the molecule is CNC(CCC=O)CNCc1ccc(-c2cccc(-c3cccc(NC(=O)c4c[nH]c(=O)n(C)c4=O)c3C)c2Cl)nc1OC. The number of halogens is 1. The van der Waals surface area contributed by atoms with E-state index in [1.165, 1.54) is 7.05 Å². The van der Waals surface area contributed by atoms with Crippen LogP contribution < -0.4 is 31.9 Å². The van der Waals surface area contributed by atoms with Gasteiger partial charge in [-0.2, -0.15) is 0 Å². The molecule has 2 heterocycles. The number of anilines is 1. The van der Waals surface area contributed by atoms with Crippen LogP contribution in [-0.2, 0) is 18.4 Å². The minimum atomic E-state index is -0.697. The number of hydrogen-bond donors (Lipinski definition) is 4. The number of rotatable bonds is 13. The summed E-state index contributed by atoms with van der Waals surface area (Å²) in [6.07, 6.45) is 3.29. The van der Waals surface area contributed by atoms with Gasteiger partial charge >= 0.3 is 5.69 Å². The molecule has 4 rings (SSSR count). The van der Waals surface area contributed by atoms with Gasteiger partial charge < -0.3 is 30.5 Å². The number of aldehydes is 1. The van der Waals surface area contributed by atoms with E-state index in [0.717, 1.165) is 45.7 Å². The van der Waals surface area contributed by atoms with Crippen molar-refractivity contribution in [2.45, 2.75) is 32.4 Å². The summed E-state index contributed by atoms with van der Waals surface area (Å²) >= 11 is 6.98. The number of aromatic nitrogens is 3. The van der Waals surface area contributed by atoms with Crippen molar-refractivity contribution >= 4 is 29.5 Å². The first-order valence-corrected chi connectivity index (χ1v) is 14.4. The second kappa shape index (κ2) is 14.7. The molecule has 0 bridgehead atoms. The summed E-state index contributed by atoms with van der Waals surface area (Å²) in [6.45, 7) is 3.06. The third kappa shape index (κ3) is 7.13. The lowest BCUT2D eigenvalue weighted by Gasteiger charge is -2.17. The highest BCUT2D eigenvalue weighted by atomic mass is 35.5. The molecule has 4 aromatic rings. The third-order valence-corrected chi connectivity index (χ3v) is 7.86. The zero-order valence-corrected chi connectivity index (χ0v) is 25.7. The number of benzene rings is 2. The second-order valence-corrected chi connectivity index (χ2v) is 10.6. The Bertz CT molecular complexity index is 1780. The standard InChI is InChI=1S/C32H35ClN6O5/c1-19-22(9-6-12-26(19)37-29(41)25-18-36-32(43)39(3)31(25)42)23-10-5-11-24(28(23)33)27-14-13-20(30(38-27)44-4)16-35-17-21(34-2)8-7-15-40/h5-6,9-15,18,21,34-35H,7-8,16-17H2,1-4H3,(H,36,43)(H,37,41). The monoisotopic (exact) mass is 618 g/mol. The van der Waals surface area contributed by atoms with E-state index in [2.05, 4.69) is 20.9 Å². The largest absolute Gasteiger partial charge is 0.481 e. The lowest BCUT2D eigenvalue weighted by molar-refractivity contribution is -0.108. The summed E-state index contributed by atoms with van der Waals surface area (Å²) in [4.78, 5) is 54.9. The van der Waals surface area contributed by atoms with Crippen molar-refractivity contribution < 1.29 is 14.3 Å². The first-order chi connectivity index (χ1) is 21.2. The van der Waals surface area contributed by atoms with Gasteiger partial charge in [-0.05, 0) is 43.7 Å². The van der Waals surface area contributed by atoms with Gasteiger partial charge in [-0.25, -0.2) is 9.78 Å². The lowest BCUT2D eigenvalue weighted by atomic mass is 9.96. The van der Waals surface area contributed by atoms with Gasteiger partial charge in [-0.3, -0.25) is 14.2 Å². The molecule has 230 valence electrons. The number of H-pyrrole nitrogens is 1. The predicted molar refractivity (Wildman–Crippen MR) is 172 cm³/mol. The van der Waals surface area contributed by atoms with E-state index < -0.39 is 17.2 Å².